The van der Waals surface area contributed by atoms with Crippen molar-refractivity contribution >= 4 is 19.2 Å². The van der Waals surface area contributed by atoms with E-state index >= 15 is 0 Å². The smallest absolute Gasteiger partial charge is 0.185 e. The monoisotopic (exact) mass is 292 g/mol. The average Bonchev–Trinajstić information content (AvgIpc) is 2.67. The summed E-state index contributed by atoms with van der Waals surface area (Å²) in [4.78, 5) is 7.72. The Bertz CT molecular complexity index is 499. The SMILES string of the molecule is BC1CCCCCc2c(s/c(=N/C(C)C)n2C(C)C)C1. The van der Waals surface area contributed by atoms with E-state index in [-0.39, 0.29) is 0 Å². The first-order chi connectivity index (χ1) is 9.49. The highest BCUT2D eigenvalue weighted by Crippen LogP contribution is 2.28. The number of fused-ring (bicyclic) bond motifs is 1. The molecule has 0 saturated carbocycles. The van der Waals surface area contributed by atoms with Crippen molar-refractivity contribution in [1.82, 2.24) is 4.57 Å². The lowest BCUT2D eigenvalue weighted by atomic mass is 9.80. The normalized spacial score (nSPS) is 21.7. The van der Waals surface area contributed by atoms with Gasteiger partial charge in [-0.1, -0.05) is 25.1 Å². The van der Waals surface area contributed by atoms with Gasteiger partial charge in [0.05, 0.1) is 0 Å². The zero-order valence-corrected chi connectivity index (χ0v) is 14.6. The molecule has 1 aromatic rings. The van der Waals surface area contributed by atoms with Crippen LogP contribution in [-0.2, 0) is 12.8 Å². The van der Waals surface area contributed by atoms with Gasteiger partial charge in [0.25, 0.3) is 0 Å². The van der Waals surface area contributed by atoms with Crippen molar-refractivity contribution in [3.8, 4) is 0 Å². The summed E-state index contributed by atoms with van der Waals surface area (Å²) in [5, 5.41) is 0. The van der Waals surface area contributed by atoms with E-state index in [9.17, 15) is 0 Å². The van der Waals surface area contributed by atoms with Gasteiger partial charge in [-0.05, 0) is 47.0 Å². The Morgan fingerprint density at radius 3 is 2.60 bits per heavy atom. The summed E-state index contributed by atoms with van der Waals surface area (Å²) in [5.74, 6) is 0.818. The summed E-state index contributed by atoms with van der Waals surface area (Å²) in [5.41, 5.74) is 1.58. The molecule has 0 saturated heterocycles. The molecule has 0 bridgehead atoms. The molecule has 1 aliphatic rings. The Hall–Kier alpha value is -0.505. The molecule has 1 aromatic heterocycles. The molecule has 1 aliphatic carbocycles. The Labute approximate surface area is 128 Å². The lowest BCUT2D eigenvalue weighted by Gasteiger charge is -2.14. The molecule has 112 valence electrons. The van der Waals surface area contributed by atoms with E-state index in [0.717, 1.165) is 5.82 Å². The predicted octanol–water partition coefficient (Wildman–Crippen LogP) is 3.52. The van der Waals surface area contributed by atoms with E-state index in [1.807, 2.05) is 11.3 Å². The summed E-state index contributed by atoms with van der Waals surface area (Å²) in [6, 6.07) is 0.897. The Kier molecular flexibility index (Phi) is 5.53. The Morgan fingerprint density at radius 2 is 1.95 bits per heavy atom. The molecular formula is C16H29BN2S. The van der Waals surface area contributed by atoms with Gasteiger partial charge in [-0.2, -0.15) is 0 Å². The van der Waals surface area contributed by atoms with Gasteiger partial charge in [-0.15, -0.1) is 11.3 Å². The van der Waals surface area contributed by atoms with E-state index in [1.165, 1.54) is 43.3 Å². The quantitative estimate of drug-likeness (QED) is 0.742. The second kappa shape index (κ2) is 6.97. The fraction of sp³-hybridized carbons (Fsp3) is 0.812. The third-order valence-corrected chi connectivity index (χ3v) is 5.20. The van der Waals surface area contributed by atoms with E-state index in [2.05, 4.69) is 40.1 Å². The predicted molar refractivity (Wildman–Crippen MR) is 91.6 cm³/mol. The molecule has 20 heavy (non-hydrogen) atoms. The van der Waals surface area contributed by atoms with E-state index < -0.39 is 0 Å². The minimum Gasteiger partial charge on any atom is -0.318 e. The topological polar surface area (TPSA) is 17.3 Å². The van der Waals surface area contributed by atoms with Crippen LogP contribution in [0.15, 0.2) is 4.99 Å². The van der Waals surface area contributed by atoms with E-state index in [1.54, 1.807) is 10.6 Å². The van der Waals surface area contributed by atoms with Crippen LogP contribution < -0.4 is 4.80 Å². The number of hydrogen-bond donors (Lipinski definition) is 0. The minimum atomic E-state index is 0.379. The van der Waals surface area contributed by atoms with Crippen LogP contribution in [0.5, 0.6) is 0 Å². The minimum absolute atomic E-state index is 0.379. The molecule has 1 unspecified atom stereocenters. The third kappa shape index (κ3) is 3.78. The maximum absolute atomic E-state index is 4.88. The standard InChI is InChI=1S/C16H29BN2S/c1-11(2)18-16-19(12(3)4)14-9-7-5-6-8-13(17)10-15(14)20-16/h11-13H,5-10,17H2,1-4H3/b18-16+. The lowest BCUT2D eigenvalue weighted by molar-refractivity contribution is 0.538. The highest BCUT2D eigenvalue weighted by molar-refractivity contribution is 7.09. The van der Waals surface area contributed by atoms with Crippen LogP contribution >= 0.6 is 11.3 Å². The Balaban J connectivity index is 2.50. The third-order valence-electron chi connectivity index (χ3n) is 4.06. The molecule has 1 heterocycles. The maximum Gasteiger partial charge on any atom is 0.185 e. The fourth-order valence-electron chi connectivity index (χ4n) is 3.11. The molecule has 0 spiro atoms. The molecule has 4 heteroatoms. The largest absolute Gasteiger partial charge is 0.318 e. The highest BCUT2D eigenvalue weighted by atomic mass is 32.1. The molecule has 0 amide bonds. The van der Waals surface area contributed by atoms with Gasteiger partial charge >= 0.3 is 0 Å². The first kappa shape index (κ1) is 15.9. The molecule has 0 aromatic carbocycles. The zero-order chi connectivity index (χ0) is 14.7. The highest BCUT2D eigenvalue weighted by Gasteiger charge is 2.19. The number of rotatable bonds is 2. The van der Waals surface area contributed by atoms with Crippen molar-refractivity contribution in [3.63, 3.8) is 0 Å². The zero-order valence-electron chi connectivity index (χ0n) is 13.8. The van der Waals surface area contributed by atoms with E-state index in [0.29, 0.717) is 12.1 Å². The van der Waals surface area contributed by atoms with Crippen molar-refractivity contribution < 1.29 is 0 Å². The molecule has 0 aliphatic heterocycles. The molecule has 0 fully saturated rings. The Morgan fingerprint density at radius 1 is 1.20 bits per heavy atom. The molecule has 0 radical (unpaired) electrons. The summed E-state index contributed by atoms with van der Waals surface area (Å²) in [6.45, 7) is 8.94. The molecule has 1 atom stereocenters. The fourth-order valence-corrected chi connectivity index (χ4v) is 4.70. The molecule has 0 N–H and O–H groups in total. The van der Waals surface area contributed by atoms with Crippen molar-refractivity contribution in [1.29, 1.82) is 0 Å². The maximum atomic E-state index is 4.88. The van der Waals surface area contributed by atoms with E-state index in [4.69, 9.17) is 4.99 Å². The molecular weight excluding hydrogens is 263 g/mol. The van der Waals surface area contributed by atoms with Crippen LogP contribution in [0.1, 0.15) is 70.0 Å². The summed E-state index contributed by atoms with van der Waals surface area (Å²) >= 11 is 1.95. The molecule has 2 nitrogen and oxygen atoms in total. The van der Waals surface area contributed by atoms with Gasteiger partial charge < -0.3 is 4.57 Å². The van der Waals surface area contributed by atoms with Crippen LogP contribution in [0.3, 0.4) is 0 Å². The van der Waals surface area contributed by atoms with Crippen LogP contribution in [0.25, 0.3) is 0 Å². The number of thiazole rings is 1. The summed E-state index contributed by atoms with van der Waals surface area (Å²) in [6.07, 6.45) is 8.00. The van der Waals surface area contributed by atoms with Crippen LogP contribution in [0, 0.1) is 0 Å². The summed E-state index contributed by atoms with van der Waals surface area (Å²) in [7, 11) is 2.41. The summed E-state index contributed by atoms with van der Waals surface area (Å²) < 4.78 is 2.51. The van der Waals surface area contributed by atoms with Gasteiger partial charge in [0, 0.05) is 22.7 Å². The van der Waals surface area contributed by atoms with Crippen molar-refractivity contribution in [3.05, 3.63) is 15.4 Å². The number of nitrogens with zero attached hydrogens (tertiary/aromatic N) is 2. The van der Waals surface area contributed by atoms with Gasteiger partial charge in [0.1, 0.15) is 7.85 Å². The van der Waals surface area contributed by atoms with Crippen molar-refractivity contribution in [2.45, 2.75) is 84.1 Å². The first-order valence-electron chi connectivity index (χ1n) is 8.26. The average molecular weight is 292 g/mol. The number of hydrogen-bond acceptors (Lipinski definition) is 2. The first-order valence-corrected chi connectivity index (χ1v) is 9.07. The van der Waals surface area contributed by atoms with Gasteiger partial charge in [-0.25, -0.2) is 0 Å². The van der Waals surface area contributed by atoms with Crippen molar-refractivity contribution in [2.75, 3.05) is 0 Å². The second-order valence-corrected chi connectivity index (χ2v) is 7.91. The lowest BCUT2D eigenvalue weighted by Crippen LogP contribution is -2.21. The second-order valence-electron chi connectivity index (χ2n) is 6.85. The van der Waals surface area contributed by atoms with Crippen molar-refractivity contribution in [2.24, 2.45) is 4.99 Å². The molecule has 2 rings (SSSR count). The van der Waals surface area contributed by atoms with Crippen LogP contribution in [0.4, 0.5) is 0 Å². The van der Waals surface area contributed by atoms with Crippen LogP contribution in [-0.4, -0.2) is 18.5 Å². The van der Waals surface area contributed by atoms with Gasteiger partial charge in [0.15, 0.2) is 4.80 Å². The van der Waals surface area contributed by atoms with Gasteiger partial charge in [-0.3, -0.25) is 4.99 Å². The van der Waals surface area contributed by atoms with Crippen LogP contribution in [0.2, 0.25) is 5.82 Å². The number of aromatic nitrogens is 1. The van der Waals surface area contributed by atoms with Gasteiger partial charge in [0.2, 0.25) is 0 Å².